The van der Waals surface area contributed by atoms with E-state index in [0.29, 0.717) is 31.2 Å². The summed E-state index contributed by atoms with van der Waals surface area (Å²) in [7, 11) is 1.64. The maximum Gasteiger partial charge on any atom is 0.314 e. The number of ether oxygens (including phenoxy) is 1. The van der Waals surface area contributed by atoms with Crippen LogP contribution in [0.25, 0.3) is 0 Å². The van der Waals surface area contributed by atoms with Gasteiger partial charge in [0.05, 0.1) is 13.0 Å². The number of carbonyl (C=O) groups is 1. The highest BCUT2D eigenvalue weighted by Gasteiger charge is 2.27. The molecule has 2 aromatic rings. The van der Waals surface area contributed by atoms with Crippen molar-refractivity contribution >= 4 is 6.03 Å². The second-order valence-corrected chi connectivity index (χ2v) is 5.70. The van der Waals surface area contributed by atoms with E-state index < -0.39 is 6.03 Å². The van der Waals surface area contributed by atoms with Gasteiger partial charge in [0.2, 0.25) is 5.89 Å². The van der Waals surface area contributed by atoms with E-state index in [1.165, 1.54) is 0 Å². The normalized spacial score (nSPS) is 18.0. The lowest BCUT2D eigenvalue weighted by molar-refractivity contribution is 0.180. The molecule has 1 fully saturated rings. The third-order valence-electron chi connectivity index (χ3n) is 4.09. The molecule has 0 radical (unpaired) electrons. The van der Waals surface area contributed by atoms with Crippen LogP contribution in [0.5, 0.6) is 5.75 Å². The summed E-state index contributed by atoms with van der Waals surface area (Å²) in [6.07, 6.45) is 2.41. The largest absolute Gasteiger partial charge is 0.497 e. The molecule has 1 atom stereocenters. The molecule has 1 aromatic heterocycles. The SMILES string of the molecule is COc1ccc(Cc2noc([C@H]3CCCN(C(N)=O)C3)n2)cc1. The quantitative estimate of drug-likeness (QED) is 0.930. The van der Waals surface area contributed by atoms with Gasteiger partial charge in [0, 0.05) is 19.5 Å². The van der Waals surface area contributed by atoms with Crippen LogP contribution in [0.4, 0.5) is 4.79 Å². The lowest BCUT2D eigenvalue weighted by atomic mass is 9.98. The Balaban J connectivity index is 1.66. The van der Waals surface area contributed by atoms with E-state index in [-0.39, 0.29) is 5.92 Å². The Kier molecular flexibility index (Phi) is 4.45. The summed E-state index contributed by atoms with van der Waals surface area (Å²) in [6.45, 7) is 1.23. The molecule has 0 spiro atoms. The number of carbonyl (C=O) groups excluding carboxylic acids is 1. The molecule has 122 valence electrons. The van der Waals surface area contributed by atoms with Gasteiger partial charge in [-0.2, -0.15) is 4.98 Å². The first kappa shape index (κ1) is 15.3. The summed E-state index contributed by atoms with van der Waals surface area (Å²) < 4.78 is 10.5. The Morgan fingerprint density at radius 1 is 1.43 bits per heavy atom. The van der Waals surface area contributed by atoms with Gasteiger partial charge in [0.1, 0.15) is 5.75 Å². The van der Waals surface area contributed by atoms with Crippen molar-refractivity contribution in [1.29, 1.82) is 0 Å². The van der Waals surface area contributed by atoms with Crippen LogP contribution >= 0.6 is 0 Å². The Morgan fingerprint density at radius 3 is 2.91 bits per heavy atom. The summed E-state index contributed by atoms with van der Waals surface area (Å²) in [6, 6.07) is 7.37. The predicted octanol–water partition coefficient (Wildman–Crippen LogP) is 1.93. The van der Waals surface area contributed by atoms with Crippen molar-refractivity contribution in [1.82, 2.24) is 15.0 Å². The first-order valence-corrected chi connectivity index (χ1v) is 7.65. The minimum absolute atomic E-state index is 0.0633. The molecule has 0 aliphatic carbocycles. The van der Waals surface area contributed by atoms with Crippen molar-refractivity contribution in [2.45, 2.75) is 25.2 Å². The molecule has 23 heavy (non-hydrogen) atoms. The van der Waals surface area contributed by atoms with Crippen molar-refractivity contribution in [2.75, 3.05) is 20.2 Å². The summed E-state index contributed by atoms with van der Waals surface area (Å²) in [4.78, 5) is 17.4. The van der Waals surface area contributed by atoms with Crippen LogP contribution in [-0.2, 0) is 6.42 Å². The molecule has 0 saturated carbocycles. The van der Waals surface area contributed by atoms with Crippen molar-refractivity contribution < 1.29 is 14.1 Å². The minimum atomic E-state index is -0.396. The van der Waals surface area contributed by atoms with Gasteiger partial charge in [-0.25, -0.2) is 4.79 Å². The van der Waals surface area contributed by atoms with E-state index in [0.717, 1.165) is 24.2 Å². The standard InChI is InChI=1S/C16H20N4O3/c1-22-13-6-4-11(5-7-13)9-14-18-15(23-19-14)12-3-2-8-20(10-12)16(17)21/h4-7,12H,2-3,8-10H2,1H3,(H2,17,21)/t12-/m0/s1. The number of aromatic nitrogens is 2. The second-order valence-electron chi connectivity index (χ2n) is 5.70. The van der Waals surface area contributed by atoms with Crippen molar-refractivity contribution in [3.8, 4) is 5.75 Å². The zero-order valence-corrected chi connectivity index (χ0v) is 13.1. The molecular weight excluding hydrogens is 296 g/mol. The maximum absolute atomic E-state index is 11.3. The fourth-order valence-electron chi connectivity index (χ4n) is 2.81. The molecule has 1 aliphatic rings. The molecule has 0 unspecified atom stereocenters. The van der Waals surface area contributed by atoms with E-state index in [1.807, 2.05) is 24.3 Å². The molecule has 3 rings (SSSR count). The van der Waals surface area contributed by atoms with E-state index in [2.05, 4.69) is 10.1 Å². The van der Waals surface area contributed by atoms with Gasteiger partial charge in [-0.1, -0.05) is 17.3 Å². The molecule has 0 bridgehead atoms. The number of amides is 2. The summed E-state index contributed by atoms with van der Waals surface area (Å²) in [5.74, 6) is 2.10. The number of methoxy groups -OCH3 is 1. The third kappa shape index (κ3) is 3.61. The van der Waals surface area contributed by atoms with E-state index >= 15 is 0 Å². The number of benzene rings is 1. The molecule has 1 aromatic carbocycles. The molecule has 2 heterocycles. The van der Waals surface area contributed by atoms with Crippen LogP contribution in [0.2, 0.25) is 0 Å². The first-order valence-electron chi connectivity index (χ1n) is 7.65. The molecule has 1 saturated heterocycles. The van der Waals surface area contributed by atoms with Gasteiger partial charge >= 0.3 is 6.03 Å². The molecule has 7 heteroatoms. The summed E-state index contributed by atoms with van der Waals surface area (Å²) in [5.41, 5.74) is 6.43. The number of urea groups is 1. The van der Waals surface area contributed by atoms with Crippen molar-refractivity contribution in [3.05, 3.63) is 41.5 Å². The van der Waals surface area contributed by atoms with Gasteiger partial charge in [0.15, 0.2) is 5.82 Å². The number of hydrogen-bond acceptors (Lipinski definition) is 5. The molecule has 2 amide bonds. The Hall–Kier alpha value is -2.57. The van der Waals surface area contributed by atoms with Gasteiger partial charge in [-0.3, -0.25) is 0 Å². The zero-order valence-electron chi connectivity index (χ0n) is 13.1. The number of piperidine rings is 1. The van der Waals surface area contributed by atoms with Crippen LogP contribution in [-0.4, -0.2) is 41.3 Å². The maximum atomic E-state index is 11.3. The van der Waals surface area contributed by atoms with Crippen molar-refractivity contribution in [2.24, 2.45) is 5.73 Å². The monoisotopic (exact) mass is 316 g/mol. The fraction of sp³-hybridized carbons (Fsp3) is 0.438. The van der Waals surface area contributed by atoms with Crippen LogP contribution in [0.15, 0.2) is 28.8 Å². The predicted molar refractivity (Wildman–Crippen MR) is 83.2 cm³/mol. The lowest BCUT2D eigenvalue weighted by Gasteiger charge is -2.29. The van der Waals surface area contributed by atoms with Gasteiger partial charge in [-0.05, 0) is 30.5 Å². The average Bonchev–Trinajstić information content (AvgIpc) is 3.04. The van der Waals surface area contributed by atoms with E-state index in [9.17, 15) is 4.79 Å². The summed E-state index contributed by atoms with van der Waals surface area (Å²) >= 11 is 0. The third-order valence-corrected chi connectivity index (χ3v) is 4.09. The Morgan fingerprint density at radius 2 is 2.22 bits per heavy atom. The number of nitrogens with zero attached hydrogens (tertiary/aromatic N) is 3. The summed E-state index contributed by atoms with van der Waals surface area (Å²) in [5, 5.41) is 4.05. The van der Waals surface area contributed by atoms with Crippen LogP contribution < -0.4 is 10.5 Å². The lowest BCUT2D eigenvalue weighted by Crippen LogP contribution is -2.42. The highest BCUT2D eigenvalue weighted by atomic mass is 16.5. The van der Waals surface area contributed by atoms with Crippen molar-refractivity contribution in [3.63, 3.8) is 0 Å². The highest BCUT2D eigenvalue weighted by Crippen LogP contribution is 2.26. The number of primary amides is 1. The van der Waals surface area contributed by atoms with Crippen LogP contribution in [0.3, 0.4) is 0 Å². The fourth-order valence-corrected chi connectivity index (χ4v) is 2.81. The highest BCUT2D eigenvalue weighted by molar-refractivity contribution is 5.72. The van der Waals surface area contributed by atoms with E-state index in [1.54, 1.807) is 12.0 Å². The Bertz CT molecular complexity index is 668. The number of nitrogens with two attached hydrogens (primary N) is 1. The van der Waals surface area contributed by atoms with Crippen LogP contribution in [0.1, 0.15) is 36.0 Å². The topological polar surface area (TPSA) is 94.5 Å². The molecule has 1 aliphatic heterocycles. The average molecular weight is 316 g/mol. The Labute approximate surface area is 134 Å². The molecule has 2 N–H and O–H groups in total. The number of rotatable bonds is 4. The number of likely N-dealkylation sites (tertiary alicyclic amines) is 1. The number of hydrogen-bond donors (Lipinski definition) is 1. The minimum Gasteiger partial charge on any atom is -0.497 e. The zero-order chi connectivity index (χ0) is 16.2. The molecular formula is C16H20N4O3. The van der Waals surface area contributed by atoms with E-state index in [4.69, 9.17) is 15.0 Å². The van der Waals surface area contributed by atoms with Gasteiger partial charge in [0.25, 0.3) is 0 Å². The van der Waals surface area contributed by atoms with Crippen LogP contribution in [0, 0.1) is 0 Å². The second kappa shape index (κ2) is 6.68. The molecule has 7 nitrogen and oxygen atoms in total. The first-order chi connectivity index (χ1) is 11.2. The van der Waals surface area contributed by atoms with Gasteiger partial charge in [-0.15, -0.1) is 0 Å². The van der Waals surface area contributed by atoms with Gasteiger partial charge < -0.3 is 19.9 Å². The smallest absolute Gasteiger partial charge is 0.314 e.